The van der Waals surface area contributed by atoms with Gasteiger partial charge in [0.1, 0.15) is 0 Å². The van der Waals surface area contributed by atoms with Crippen LogP contribution in [0, 0.1) is 6.92 Å². The Morgan fingerprint density at radius 1 is 1.19 bits per heavy atom. The van der Waals surface area contributed by atoms with Crippen molar-refractivity contribution in [1.29, 1.82) is 0 Å². The Hall–Kier alpha value is -2.04. The summed E-state index contributed by atoms with van der Waals surface area (Å²) in [5, 5.41) is 2.83. The summed E-state index contributed by atoms with van der Waals surface area (Å²) >= 11 is 0. The van der Waals surface area contributed by atoms with Gasteiger partial charge in [0.05, 0.1) is 13.5 Å². The zero-order valence-corrected chi connectivity index (χ0v) is 13.2. The van der Waals surface area contributed by atoms with E-state index in [0.717, 1.165) is 30.0 Å². The number of nitrogens with zero attached hydrogens (tertiary/aromatic N) is 1. The Morgan fingerprint density at radius 2 is 1.86 bits per heavy atom. The van der Waals surface area contributed by atoms with Crippen LogP contribution >= 0.6 is 0 Å². The number of methoxy groups -OCH3 is 1. The first-order chi connectivity index (χ1) is 10.0. The third-order valence-electron chi connectivity index (χ3n) is 3.40. The van der Waals surface area contributed by atoms with E-state index >= 15 is 0 Å². The first kappa shape index (κ1) is 17.0. The molecule has 0 fully saturated rings. The zero-order valence-electron chi connectivity index (χ0n) is 13.2. The van der Waals surface area contributed by atoms with E-state index in [0.29, 0.717) is 0 Å². The van der Waals surface area contributed by atoms with E-state index in [4.69, 9.17) is 0 Å². The third-order valence-corrected chi connectivity index (χ3v) is 3.40. The number of amides is 1. The van der Waals surface area contributed by atoms with Gasteiger partial charge in [0.2, 0.25) is 5.91 Å². The highest BCUT2D eigenvalue weighted by atomic mass is 16.5. The molecule has 0 aliphatic carbocycles. The molecule has 0 heterocycles. The molecule has 0 saturated heterocycles. The van der Waals surface area contributed by atoms with Gasteiger partial charge in [-0.3, -0.25) is 9.59 Å². The number of carbonyl (C=O) groups excluding carboxylic acids is 2. The molecule has 1 aromatic rings. The van der Waals surface area contributed by atoms with E-state index < -0.39 is 0 Å². The van der Waals surface area contributed by atoms with E-state index in [2.05, 4.69) is 34.9 Å². The number of hydrogen-bond donors (Lipinski definition) is 1. The van der Waals surface area contributed by atoms with Crippen molar-refractivity contribution in [3.8, 4) is 0 Å². The SMILES string of the molecule is CCN(CC)c1ccc(NC(=O)CCC(=O)OC)c(C)c1. The third kappa shape index (κ3) is 5.10. The van der Waals surface area contributed by atoms with Crippen LogP contribution in [0.5, 0.6) is 0 Å². The van der Waals surface area contributed by atoms with Gasteiger partial charge in [0.25, 0.3) is 0 Å². The van der Waals surface area contributed by atoms with Gasteiger partial charge in [-0.05, 0) is 44.5 Å². The molecule has 5 nitrogen and oxygen atoms in total. The predicted molar refractivity (Wildman–Crippen MR) is 84.6 cm³/mol. The minimum absolute atomic E-state index is 0.0961. The molecule has 0 spiro atoms. The van der Waals surface area contributed by atoms with Crippen molar-refractivity contribution < 1.29 is 14.3 Å². The van der Waals surface area contributed by atoms with E-state index in [1.165, 1.54) is 7.11 Å². The number of aryl methyl sites for hydroxylation is 1. The Bertz CT molecular complexity index is 496. The fraction of sp³-hybridized carbons (Fsp3) is 0.500. The molecule has 5 heteroatoms. The summed E-state index contributed by atoms with van der Waals surface area (Å²) in [5.74, 6) is -0.558. The summed E-state index contributed by atoms with van der Waals surface area (Å²) < 4.78 is 4.52. The van der Waals surface area contributed by atoms with Crippen molar-refractivity contribution in [2.24, 2.45) is 0 Å². The second-order valence-electron chi connectivity index (χ2n) is 4.80. The second-order valence-corrected chi connectivity index (χ2v) is 4.80. The molecule has 1 amide bonds. The molecular weight excluding hydrogens is 268 g/mol. The molecule has 21 heavy (non-hydrogen) atoms. The molecule has 0 saturated carbocycles. The highest BCUT2D eigenvalue weighted by Crippen LogP contribution is 2.22. The molecule has 1 rings (SSSR count). The van der Waals surface area contributed by atoms with Crippen molar-refractivity contribution >= 4 is 23.3 Å². The second kappa shape index (κ2) is 8.29. The van der Waals surface area contributed by atoms with Crippen molar-refractivity contribution in [3.63, 3.8) is 0 Å². The van der Waals surface area contributed by atoms with Crippen molar-refractivity contribution in [2.75, 3.05) is 30.4 Å². The van der Waals surface area contributed by atoms with Crippen LogP contribution in [-0.4, -0.2) is 32.1 Å². The quantitative estimate of drug-likeness (QED) is 0.785. The van der Waals surface area contributed by atoms with Crippen LogP contribution in [0.2, 0.25) is 0 Å². The van der Waals surface area contributed by atoms with Crippen LogP contribution < -0.4 is 10.2 Å². The number of carbonyl (C=O) groups is 2. The lowest BCUT2D eigenvalue weighted by Gasteiger charge is -2.22. The van der Waals surface area contributed by atoms with E-state index in [9.17, 15) is 9.59 Å². The average molecular weight is 292 g/mol. The van der Waals surface area contributed by atoms with Gasteiger partial charge in [-0.15, -0.1) is 0 Å². The fourth-order valence-electron chi connectivity index (χ4n) is 2.10. The number of hydrogen-bond acceptors (Lipinski definition) is 4. The van der Waals surface area contributed by atoms with Crippen LogP contribution in [0.3, 0.4) is 0 Å². The zero-order chi connectivity index (χ0) is 15.8. The van der Waals surface area contributed by atoms with Gasteiger partial charge < -0.3 is 15.0 Å². The summed E-state index contributed by atoms with van der Waals surface area (Å²) in [6, 6.07) is 5.96. The number of rotatable bonds is 7. The largest absolute Gasteiger partial charge is 0.469 e. The maximum Gasteiger partial charge on any atom is 0.306 e. The average Bonchev–Trinajstić information content (AvgIpc) is 2.48. The van der Waals surface area contributed by atoms with Crippen LogP contribution in [0.1, 0.15) is 32.3 Å². The summed E-state index contributed by atoms with van der Waals surface area (Å²) in [5.41, 5.74) is 2.93. The number of ether oxygens (including phenoxy) is 1. The van der Waals surface area contributed by atoms with Crippen LogP contribution in [-0.2, 0) is 14.3 Å². The Balaban J connectivity index is 2.68. The van der Waals surface area contributed by atoms with Crippen LogP contribution in [0.25, 0.3) is 0 Å². The molecule has 0 bridgehead atoms. The molecule has 1 N–H and O–H groups in total. The Labute approximate surface area is 126 Å². The lowest BCUT2D eigenvalue weighted by Crippen LogP contribution is -2.22. The lowest BCUT2D eigenvalue weighted by atomic mass is 10.1. The van der Waals surface area contributed by atoms with Gasteiger partial charge in [-0.25, -0.2) is 0 Å². The molecule has 0 aliphatic heterocycles. The molecule has 0 atom stereocenters. The number of anilines is 2. The first-order valence-corrected chi connectivity index (χ1v) is 7.24. The van der Waals surface area contributed by atoms with Gasteiger partial charge in [0.15, 0.2) is 0 Å². The Kier molecular flexibility index (Phi) is 6.72. The highest BCUT2D eigenvalue weighted by molar-refractivity contribution is 5.93. The summed E-state index contributed by atoms with van der Waals surface area (Å²) in [6.45, 7) is 8.08. The molecule has 0 aliphatic rings. The van der Waals surface area contributed by atoms with Gasteiger partial charge in [0, 0.05) is 30.9 Å². The number of nitrogens with one attached hydrogen (secondary N) is 1. The minimum atomic E-state index is -0.376. The topological polar surface area (TPSA) is 58.6 Å². The summed E-state index contributed by atoms with van der Waals surface area (Å²) in [6.07, 6.45) is 0.225. The minimum Gasteiger partial charge on any atom is -0.469 e. The predicted octanol–water partition coefficient (Wildman–Crippen LogP) is 2.73. The Morgan fingerprint density at radius 3 is 2.38 bits per heavy atom. The van der Waals surface area contributed by atoms with Gasteiger partial charge in [-0.2, -0.15) is 0 Å². The van der Waals surface area contributed by atoms with Gasteiger partial charge in [-0.1, -0.05) is 0 Å². The standard InChI is InChI=1S/C16H24N2O3/c1-5-18(6-2)13-7-8-14(12(3)11-13)17-15(19)9-10-16(20)21-4/h7-8,11H,5-6,9-10H2,1-4H3,(H,17,19). The maximum atomic E-state index is 11.8. The normalized spacial score (nSPS) is 10.1. The molecule has 0 aromatic heterocycles. The highest BCUT2D eigenvalue weighted by Gasteiger charge is 2.10. The first-order valence-electron chi connectivity index (χ1n) is 7.24. The fourth-order valence-corrected chi connectivity index (χ4v) is 2.10. The van der Waals surface area contributed by atoms with E-state index in [1.54, 1.807) is 0 Å². The molecule has 1 aromatic carbocycles. The lowest BCUT2D eigenvalue weighted by molar-refractivity contribution is -0.141. The molecule has 0 unspecified atom stereocenters. The monoisotopic (exact) mass is 292 g/mol. The molecular formula is C16H24N2O3. The smallest absolute Gasteiger partial charge is 0.306 e. The van der Waals surface area contributed by atoms with Crippen molar-refractivity contribution in [2.45, 2.75) is 33.6 Å². The molecule has 116 valence electrons. The van der Waals surface area contributed by atoms with E-state index in [-0.39, 0.29) is 24.7 Å². The van der Waals surface area contributed by atoms with Crippen LogP contribution in [0.15, 0.2) is 18.2 Å². The maximum absolute atomic E-state index is 11.8. The van der Waals surface area contributed by atoms with E-state index in [1.807, 2.05) is 19.1 Å². The summed E-state index contributed by atoms with van der Waals surface area (Å²) in [4.78, 5) is 25.0. The number of benzene rings is 1. The van der Waals surface area contributed by atoms with Crippen LogP contribution in [0.4, 0.5) is 11.4 Å². The summed E-state index contributed by atoms with van der Waals surface area (Å²) in [7, 11) is 1.32. The number of esters is 1. The van der Waals surface area contributed by atoms with Crippen molar-refractivity contribution in [1.82, 2.24) is 0 Å². The van der Waals surface area contributed by atoms with Gasteiger partial charge >= 0.3 is 5.97 Å². The molecule has 0 radical (unpaired) electrons. The van der Waals surface area contributed by atoms with Crippen molar-refractivity contribution in [3.05, 3.63) is 23.8 Å².